The van der Waals surface area contributed by atoms with Crippen molar-refractivity contribution in [1.29, 1.82) is 0 Å². The Labute approximate surface area is 92.7 Å². The molecule has 1 aromatic rings. The highest BCUT2D eigenvalue weighted by Gasteiger charge is 2.18. The molecule has 3 nitrogen and oxygen atoms in total. The van der Waals surface area contributed by atoms with Crippen molar-refractivity contribution < 1.29 is 13.2 Å². The number of halogens is 1. The molecule has 0 spiro atoms. The van der Waals surface area contributed by atoms with Gasteiger partial charge in [-0.2, -0.15) is 0 Å². The van der Waals surface area contributed by atoms with Gasteiger partial charge in [0.05, 0.1) is 11.5 Å². The Morgan fingerprint density at radius 2 is 2.00 bits per heavy atom. The van der Waals surface area contributed by atoms with Crippen molar-refractivity contribution >= 4 is 25.8 Å². The lowest BCUT2D eigenvalue weighted by Gasteiger charge is -2.03. The van der Waals surface area contributed by atoms with E-state index in [0.29, 0.717) is 18.8 Å². The molecule has 5 heteroatoms. The lowest BCUT2D eigenvalue weighted by atomic mass is 10.2. The summed E-state index contributed by atoms with van der Waals surface area (Å²) in [5.41, 5.74) is 0.745. The minimum absolute atomic E-state index is 0.203. The summed E-state index contributed by atoms with van der Waals surface area (Å²) in [4.78, 5) is 0.203. The Morgan fingerprint density at radius 1 is 1.27 bits per heavy atom. The molecule has 2 rings (SSSR count). The minimum Gasteiger partial charge on any atom is -0.493 e. The van der Waals surface area contributed by atoms with E-state index < -0.39 is 9.05 Å². The molecule has 1 aliphatic rings. The van der Waals surface area contributed by atoms with Crippen LogP contribution in [0.15, 0.2) is 29.2 Å². The number of hydrogen-bond acceptors (Lipinski definition) is 3. The maximum Gasteiger partial charge on any atom is 0.257 e. The molecule has 1 heterocycles. The van der Waals surface area contributed by atoms with Crippen molar-refractivity contribution in [2.45, 2.75) is 6.42 Å². The zero-order chi connectivity index (χ0) is 10.9. The van der Waals surface area contributed by atoms with Crippen LogP contribution in [0.5, 0.6) is 5.75 Å². The summed E-state index contributed by atoms with van der Waals surface area (Å²) in [5, 5.41) is 0. The molecule has 0 bridgehead atoms. The first-order chi connectivity index (χ1) is 7.07. The van der Waals surface area contributed by atoms with Gasteiger partial charge in [-0.15, -0.1) is 0 Å². The summed E-state index contributed by atoms with van der Waals surface area (Å²) in [6.45, 7) is 0.328. The molecule has 1 aromatic carbocycles. The number of fused-ring (bicyclic) bond motifs is 1. The second-order valence-corrected chi connectivity index (χ2v) is 5.80. The molecule has 1 aliphatic heterocycles. The highest BCUT2D eigenvalue weighted by Crippen LogP contribution is 2.28. The minimum atomic E-state index is -3.64. The van der Waals surface area contributed by atoms with E-state index in [-0.39, 0.29) is 4.91 Å². The van der Waals surface area contributed by atoms with E-state index in [9.17, 15) is 8.42 Å². The highest BCUT2D eigenvalue weighted by atomic mass is 35.7. The Morgan fingerprint density at radius 3 is 2.73 bits per heavy atom. The molecular formula is C10H9ClO3S. The summed E-state index contributed by atoms with van der Waals surface area (Å²) < 4.78 is 27.8. The van der Waals surface area contributed by atoms with Gasteiger partial charge < -0.3 is 4.74 Å². The molecule has 0 N–H and O–H groups in total. The first kappa shape index (κ1) is 10.5. The van der Waals surface area contributed by atoms with Crippen LogP contribution in [-0.2, 0) is 9.05 Å². The third-order valence-corrected chi connectivity index (χ3v) is 3.70. The SMILES string of the molecule is O=S(=O)(Cl)C1=Cc2ccccc2OCC1. The predicted molar refractivity (Wildman–Crippen MR) is 59.3 cm³/mol. The molecule has 0 amide bonds. The average Bonchev–Trinajstić information content (AvgIpc) is 2.38. The quantitative estimate of drug-likeness (QED) is 0.713. The zero-order valence-electron chi connectivity index (χ0n) is 7.81. The van der Waals surface area contributed by atoms with E-state index in [2.05, 4.69) is 0 Å². The van der Waals surface area contributed by atoms with Crippen LogP contribution in [0.1, 0.15) is 12.0 Å². The van der Waals surface area contributed by atoms with Crippen molar-refractivity contribution in [2.75, 3.05) is 6.61 Å². The van der Waals surface area contributed by atoms with E-state index in [0.717, 1.165) is 5.56 Å². The van der Waals surface area contributed by atoms with Crippen molar-refractivity contribution in [3.8, 4) is 5.75 Å². The molecule has 0 atom stereocenters. The van der Waals surface area contributed by atoms with Gasteiger partial charge in [0.1, 0.15) is 5.75 Å². The van der Waals surface area contributed by atoms with Gasteiger partial charge in [-0.25, -0.2) is 8.42 Å². The molecular weight excluding hydrogens is 236 g/mol. The van der Waals surface area contributed by atoms with Gasteiger partial charge in [-0.3, -0.25) is 0 Å². The Balaban J connectivity index is 2.52. The smallest absolute Gasteiger partial charge is 0.257 e. The summed E-state index contributed by atoms with van der Waals surface area (Å²) in [5.74, 6) is 0.688. The first-order valence-corrected chi connectivity index (χ1v) is 6.75. The molecule has 15 heavy (non-hydrogen) atoms. The molecule has 0 saturated carbocycles. The van der Waals surface area contributed by atoms with Crippen LogP contribution in [0.2, 0.25) is 0 Å². The van der Waals surface area contributed by atoms with Gasteiger partial charge in [-0.1, -0.05) is 18.2 Å². The molecule has 0 aromatic heterocycles. The van der Waals surface area contributed by atoms with E-state index in [1.54, 1.807) is 18.2 Å². The van der Waals surface area contributed by atoms with Crippen LogP contribution in [-0.4, -0.2) is 15.0 Å². The normalized spacial score (nSPS) is 15.9. The van der Waals surface area contributed by atoms with E-state index >= 15 is 0 Å². The van der Waals surface area contributed by atoms with Crippen LogP contribution < -0.4 is 4.74 Å². The fourth-order valence-electron chi connectivity index (χ4n) is 1.43. The fraction of sp³-hybridized carbons (Fsp3) is 0.200. The second-order valence-electron chi connectivity index (χ2n) is 3.18. The maximum absolute atomic E-state index is 11.2. The largest absolute Gasteiger partial charge is 0.493 e. The van der Waals surface area contributed by atoms with Crippen molar-refractivity contribution in [3.05, 3.63) is 34.7 Å². The predicted octanol–water partition coefficient (Wildman–Crippen LogP) is 2.38. The van der Waals surface area contributed by atoms with Gasteiger partial charge in [-0.05, 0) is 12.1 Å². The van der Waals surface area contributed by atoms with Crippen LogP contribution >= 0.6 is 10.7 Å². The van der Waals surface area contributed by atoms with E-state index in [1.807, 2.05) is 12.1 Å². The Bertz CT molecular complexity index is 505. The van der Waals surface area contributed by atoms with Gasteiger partial charge in [0, 0.05) is 22.7 Å². The van der Waals surface area contributed by atoms with Crippen molar-refractivity contribution in [3.63, 3.8) is 0 Å². The molecule has 0 unspecified atom stereocenters. The maximum atomic E-state index is 11.2. The van der Waals surface area contributed by atoms with Gasteiger partial charge in [0.15, 0.2) is 0 Å². The standard InChI is InChI=1S/C10H9ClO3S/c11-15(12,13)9-5-6-14-10-4-2-1-3-8(10)7-9/h1-4,7H,5-6H2. The molecule has 0 aliphatic carbocycles. The molecule has 0 radical (unpaired) electrons. The molecule has 0 saturated heterocycles. The summed E-state index contributed by atoms with van der Waals surface area (Å²) in [6.07, 6.45) is 1.87. The third-order valence-electron chi connectivity index (χ3n) is 2.15. The zero-order valence-corrected chi connectivity index (χ0v) is 9.38. The number of ether oxygens (including phenoxy) is 1. The summed E-state index contributed by atoms with van der Waals surface area (Å²) in [7, 11) is 1.66. The van der Waals surface area contributed by atoms with Crippen LogP contribution in [0.25, 0.3) is 6.08 Å². The van der Waals surface area contributed by atoms with Crippen LogP contribution in [0.3, 0.4) is 0 Å². The second kappa shape index (κ2) is 3.87. The number of para-hydroxylation sites is 1. The van der Waals surface area contributed by atoms with Gasteiger partial charge in [0.2, 0.25) is 0 Å². The Kier molecular flexibility index (Phi) is 2.71. The van der Waals surface area contributed by atoms with Crippen LogP contribution in [0.4, 0.5) is 0 Å². The lowest BCUT2D eigenvalue weighted by molar-refractivity contribution is 0.325. The van der Waals surface area contributed by atoms with Crippen LogP contribution in [0, 0.1) is 0 Å². The van der Waals surface area contributed by atoms with Gasteiger partial charge in [0.25, 0.3) is 9.05 Å². The number of rotatable bonds is 1. The first-order valence-electron chi connectivity index (χ1n) is 4.44. The molecule has 80 valence electrons. The monoisotopic (exact) mass is 244 g/mol. The fourth-order valence-corrected chi connectivity index (χ4v) is 2.39. The van der Waals surface area contributed by atoms with E-state index in [4.69, 9.17) is 15.4 Å². The molecule has 0 fully saturated rings. The Hall–Kier alpha value is -1.00. The van der Waals surface area contributed by atoms with E-state index in [1.165, 1.54) is 0 Å². The summed E-state index contributed by atoms with van der Waals surface area (Å²) in [6, 6.07) is 7.26. The van der Waals surface area contributed by atoms with Crippen molar-refractivity contribution in [1.82, 2.24) is 0 Å². The van der Waals surface area contributed by atoms with Gasteiger partial charge >= 0.3 is 0 Å². The van der Waals surface area contributed by atoms with Crippen molar-refractivity contribution in [2.24, 2.45) is 0 Å². The highest BCUT2D eigenvalue weighted by molar-refractivity contribution is 8.16. The number of hydrogen-bond donors (Lipinski definition) is 0. The number of benzene rings is 1. The average molecular weight is 245 g/mol. The third kappa shape index (κ3) is 2.33. The summed E-state index contributed by atoms with van der Waals surface area (Å²) >= 11 is 0. The lowest BCUT2D eigenvalue weighted by Crippen LogP contribution is -2.00. The topological polar surface area (TPSA) is 43.4 Å².